The summed E-state index contributed by atoms with van der Waals surface area (Å²) in [6, 6.07) is 12.4. The van der Waals surface area contributed by atoms with E-state index in [1.807, 2.05) is 26.0 Å². The second-order valence-corrected chi connectivity index (χ2v) is 6.20. The molecule has 0 spiro atoms. The molecule has 0 amide bonds. The van der Waals surface area contributed by atoms with Crippen molar-refractivity contribution in [3.05, 3.63) is 71.3 Å². The Bertz CT molecular complexity index is 889. The maximum Gasteiger partial charge on any atom is 0.248 e. The largest absolute Gasteiger partial charge is 0.332 e. The van der Waals surface area contributed by atoms with Gasteiger partial charge < -0.3 is 5.32 Å². The van der Waals surface area contributed by atoms with Crippen molar-refractivity contribution in [1.82, 2.24) is 14.8 Å². The number of hydrogen-bond acceptors (Lipinski definition) is 3. The molecule has 2 aromatic carbocycles. The van der Waals surface area contributed by atoms with Gasteiger partial charge in [0.25, 0.3) is 0 Å². The SMILES string of the molecule is Cc1ccc(C)c(NC(=S)Nc2ncn(Cc3ccc(F)cc3)n2)c1. The Morgan fingerprint density at radius 2 is 1.88 bits per heavy atom. The van der Waals surface area contributed by atoms with Crippen molar-refractivity contribution in [3.8, 4) is 0 Å². The van der Waals surface area contributed by atoms with Gasteiger partial charge in [0.15, 0.2) is 5.11 Å². The summed E-state index contributed by atoms with van der Waals surface area (Å²) in [5, 5.41) is 10.9. The summed E-state index contributed by atoms with van der Waals surface area (Å²) in [4.78, 5) is 4.19. The Balaban J connectivity index is 1.61. The standard InChI is InChI=1S/C18H18FN5S/c1-12-3-4-13(2)16(9-12)21-18(25)22-17-20-11-24(23-17)10-14-5-7-15(19)8-6-14/h3-9,11H,10H2,1-2H3,(H2,21,22,23,25). The minimum absolute atomic E-state index is 0.257. The van der Waals surface area contributed by atoms with E-state index < -0.39 is 0 Å². The van der Waals surface area contributed by atoms with Gasteiger partial charge in [-0.25, -0.2) is 14.1 Å². The van der Waals surface area contributed by atoms with E-state index in [2.05, 4.69) is 26.8 Å². The van der Waals surface area contributed by atoms with Gasteiger partial charge in [-0.3, -0.25) is 5.32 Å². The molecule has 0 bridgehead atoms. The Morgan fingerprint density at radius 3 is 2.64 bits per heavy atom. The Hall–Kier alpha value is -2.80. The Morgan fingerprint density at radius 1 is 1.12 bits per heavy atom. The molecule has 5 nitrogen and oxygen atoms in total. The summed E-state index contributed by atoms with van der Waals surface area (Å²) < 4.78 is 14.6. The van der Waals surface area contributed by atoms with Crippen LogP contribution >= 0.6 is 12.2 Å². The van der Waals surface area contributed by atoms with Gasteiger partial charge in [-0.2, -0.15) is 0 Å². The van der Waals surface area contributed by atoms with Crippen LogP contribution in [0.3, 0.4) is 0 Å². The molecule has 0 fully saturated rings. The number of thiocarbonyl (C=S) groups is 1. The highest BCUT2D eigenvalue weighted by molar-refractivity contribution is 7.80. The zero-order chi connectivity index (χ0) is 17.8. The van der Waals surface area contributed by atoms with E-state index in [1.54, 1.807) is 23.1 Å². The van der Waals surface area contributed by atoms with E-state index in [-0.39, 0.29) is 5.82 Å². The Kier molecular flexibility index (Phi) is 5.04. The molecule has 0 saturated heterocycles. The van der Waals surface area contributed by atoms with Crippen LogP contribution in [-0.4, -0.2) is 19.9 Å². The van der Waals surface area contributed by atoms with E-state index in [9.17, 15) is 4.39 Å². The molecule has 1 heterocycles. The highest BCUT2D eigenvalue weighted by atomic mass is 32.1. The second kappa shape index (κ2) is 7.40. The van der Waals surface area contributed by atoms with E-state index in [4.69, 9.17) is 12.2 Å². The molecule has 25 heavy (non-hydrogen) atoms. The third kappa shape index (κ3) is 4.60. The smallest absolute Gasteiger partial charge is 0.248 e. The van der Waals surface area contributed by atoms with Crippen molar-refractivity contribution in [1.29, 1.82) is 0 Å². The molecular formula is C18H18FN5S. The van der Waals surface area contributed by atoms with Crippen molar-refractivity contribution < 1.29 is 4.39 Å². The molecule has 0 saturated carbocycles. The lowest BCUT2D eigenvalue weighted by atomic mass is 10.1. The summed E-state index contributed by atoms with van der Waals surface area (Å²) in [7, 11) is 0. The number of nitrogens with zero attached hydrogens (tertiary/aromatic N) is 3. The van der Waals surface area contributed by atoms with Crippen molar-refractivity contribution >= 4 is 29.0 Å². The highest BCUT2D eigenvalue weighted by Crippen LogP contribution is 2.16. The summed E-state index contributed by atoms with van der Waals surface area (Å²) >= 11 is 5.32. The first-order valence-electron chi connectivity index (χ1n) is 7.79. The van der Waals surface area contributed by atoms with Crippen LogP contribution in [0.25, 0.3) is 0 Å². The number of halogens is 1. The molecule has 0 radical (unpaired) electrons. The van der Waals surface area contributed by atoms with E-state index in [0.29, 0.717) is 17.6 Å². The van der Waals surface area contributed by atoms with Gasteiger partial charge in [0, 0.05) is 5.69 Å². The Labute approximate surface area is 150 Å². The molecule has 0 aliphatic rings. The summed E-state index contributed by atoms with van der Waals surface area (Å²) in [5.41, 5.74) is 4.14. The predicted molar refractivity (Wildman–Crippen MR) is 101 cm³/mol. The number of benzene rings is 2. The molecule has 128 valence electrons. The van der Waals surface area contributed by atoms with Crippen LogP contribution in [-0.2, 0) is 6.54 Å². The lowest BCUT2D eigenvalue weighted by molar-refractivity contribution is 0.624. The zero-order valence-electron chi connectivity index (χ0n) is 14.0. The fourth-order valence-electron chi connectivity index (χ4n) is 2.33. The zero-order valence-corrected chi connectivity index (χ0v) is 14.8. The topological polar surface area (TPSA) is 54.8 Å². The summed E-state index contributed by atoms with van der Waals surface area (Å²) in [5.74, 6) is 0.150. The minimum Gasteiger partial charge on any atom is -0.332 e. The average molecular weight is 355 g/mol. The molecule has 3 rings (SSSR count). The highest BCUT2D eigenvalue weighted by Gasteiger charge is 2.06. The molecule has 0 aliphatic carbocycles. The third-order valence-corrected chi connectivity index (χ3v) is 3.87. The predicted octanol–water partition coefficient (Wildman–Crippen LogP) is 3.89. The van der Waals surface area contributed by atoms with Crippen LogP contribution in [0.15, 0.2) is 48.8 Å². The van der Waals surface area contributed by atoms with Gasteiger partial charge in [0.2, 0.25) is 5.95 Å². The van der Waals surface area contributed by atoms with Crippen LogP contribution in [0.2, 0.25) is 0 Å². The third-order valence-electron chi connectivity index (χ3n) is 3.66. The molecule has 3 aromatic rings. The molecule has 7 heteroatoms. The van der Waals surface area contributed by atoms with Gasteiger partial charge in [0.1, 0.15) is 12.1 Å². The fraction of sp³-hybridized carbons (Fsp3) is 0.167. The second-order valence-electron chi connectivity index (χ2n) is 5.79. The fourth-order valence-corrected chi connectivity index (χ4v) is 2.53. The number of aromatic nitrogens is 3. The average Bonchev–Trinajstić information content (AvgIpc) is 3.00. The van der Waals surface area contributed by atoms with Gasteiger partial charge in [-0.1, -0.05) is 24.3 Å². The van der Waals surface area contributed by atoms with Crippen molar-refractivity contribution in [2.75, 3.05) is 10.6 Å². The first kappa shape index (κ1) is 17.0. The van der Waals surface area contributed by atoms with Crippen LogP contribution in [0, 0.1) is 19.7 Å². The molecule has 1 aromatic heterocycles. The first-order chi connectivity index (χ1) is 12.0. The normalized spacial score (nSPS) is 10.5. The number of rotatable bonds is 4. The summed E-state index contributed by atoms with van der Waals surface area (Å²) in [6.07, 6.45) is 1.60. The number of nitrogens with one attached hydrogen (secondary N) is 2. The van der Waals surface area contributed by atoms with Gasteiger partial charge in [-0.05, 0) is 61.0 Å². The summed E-state index contributed by atoms with van der Waals surface area (Å²) in [6.45, 7) is 4.55. The number of aryl methyl sites for hydroxylation is 2. The molecular weight excluding hydrogens is 337 g/mol. The van der Waals surface area contributed by atoms with E-state index >= 15 is 0 Å². The molecule has 0 atom stereocenters. The number of hydrogen-bond donors (Lipinski definition) is 2. The van der Waals surface area contributed by atoms with E-state index in [0.717, 1.165) is 22.4 Å². The van der Waals surface area contributed by atoms with Crippen molar-refractivity contribution in [2.45, 2.75) is 20.4 Å². The van der Waals surface area contributed by atoms with Crippen LogP contribution < -0.4 is 10.6 Å². The first-order valence-corrected chi connectivity index (χ1v) is 8.19. The lowest BCUT2D eigenvalue weighted by Gasteiger charge is -2.11. The monoisotopic (exact) mass is 355 g/mol. The van der Waals surface area contributed by atoms with Crippen molar-refractivity contribution in [3.63, 3.8) is 0 Å². The molecule has 0 aliphatic heterocycles. The van der Waals surface area contributed by atoms with Crippen LogP contribution in [0.5, 0.6) is 0 Å². The molecule has 0 unspecified atom stereocenters. The van der Waals surface area contributed by atoms with E-state index in [1.165, 1.54) is 12.1 Å². The number of anilines is 2. The minimum atomic E-state index is -0.257. The maximum atomic E-state index is 12.9. The van der Waals surface area contributed by atoms with Gasteiger partial charge in [-0.15, -0.1) is 5.10 Å². The maximum absolute atomic E-state index is 12.9. The van der Waals surface area contributed by atoms with Crippen LogP contribution in [0.4, 0.5) is 16.0 Å². The van der Waals surface area contributed by atoms with Crippen LogP contribution in [0.1, 0.15) is 16.7 Å². The lowest BCUT2D eigenvalue weighted by Crippen LogP contribution is -2.20. The van der Waals surface area contributed by atoms with Gasteiger partial charge >= 0.3 is 0 Å². The van der Waals surface area contributed by atoms with Gasteiger partial charge in [0.05, 0.1) is 6.54 Å². The quantitative estimate of drug-likeness (QED) is 0.696. The van der Waals surface area contributed by atoms with Crippen molar-refractivity contribution in [2.24, 2.45) is 0 Å². The molecule has 2 N–H and O–H groups in total.